The molecule has 0 aliphatic carbocycles. The fourth-order valence-corrected chi connectivity index (χ4v) is 3.55. The second-order valence-corrected chi connectivity index (χ2v) is 7.41. The number of hydrogen-bond donors (Lipinski definition) is 0. The van der Waals surface area contributed by atoms with E-state index in [1.807, 2.05) is 11.8 Å². The smallest absolute Gasteiger partial charge is 0.219 e. The molecule has 28 heavy (non-hydrogen) atoms. The molecule has 0 N–H and O–H groups in total. The van der Waals surface area contributed by atoms with Crippen molar-refractivity contribution in [3.63, 3.8) is 0 Å². The van der Waals surface area contributed by atoms with Gasteiger partial charge in [0.05, 0.1) is 7.11 Å². The predicted molar refractivity (Wildman–Crippen MR) is 107 cm³/mol. The van der Waals surface area contributed by atoms with Crippen molar-refractivity contribution in [2.24, 2.45) is 5.92 Å². The van der Waals surface area contributed by atoms with Crippen molar-refractivity contribution in [3.05, 3.63) is 23.8 Å². The van der Waals surface area contributed by atoms with Crippen LogP contribution in [-0.2, 0) is 9.59 Å². The molecule has 2 rings (SSSR count). The normalized spacial score (nSPS) is 15.8. The molecule has 0 radical (unpaired) electrons. The van der Waals surface area contributed by atoms with Crippen LogP contribution in [0.3, 0.4) is 0 Å². The van der Waals surface area contributed by atoms with E-state index in [0.717, 1.165) is 25.7 Å². The van der Waals surface area contributed by atoms with E-state index in [4.69, 9.17) is 9.47 Å². The molecule has 1 heterocycles. The monoisotopic (exact) mass is 389 g/mol. The first-order chi connectivity index (χ1) is 13.3. The maximum absolute atomic E-state index is 12.6. The number of likely N-dealkylation sites (tertiary alicyclic amines) is 1. The molecule has 1 fully saturated rings. The third-order valence-corrected chi connectivity index (χ3v) is 5.31. The van der Waals surface area contributed by atoms with E-state index in [9.17, 15) is 14.4 Å². The summed E-state index contributed by atoms with van der Waals surface area (Å²) in [6.45, 7) is 6.50. The maximum atomic E-state index is 12.6. The maximum Gasteiger partial charge on any atom is 0.219 e. The SMILES string of the molecule is CCCC(CC(=O)c1ccc(OC2CCN(C(C)=O)CC2)c(OC)c1)C(C)=O. The summed E-state index contributed by atoms with van der Waals surface area (Å²) in [5.74, 6) is 0.954. The van der Waals surface area contributed by atoms with Gasteiger partial charge in [0.25, 0.3) is 0 Å². The summed E-state index contributed by atoms with van der Waals surface area (Å²) in [4.78, 5) is 37.6. The standard InChI is InChI=1S/C22H31NO5/c1-5-6-17(15(2)24)13-20(26)18-7-8-21(22(14-18)27-4)28-19-9-11-23(12-10-19)16(3)25/h7-8,14,17,19H,5-6,9-13H2,1-4H3. The molecule has 1 aromatic rings. The van der Waals surface area contributed by atoms with Gasteiger partial charge in [-0.15, -0.1) is 0 Å². The second kappa shape index (κ2) is 10.2. The van der Waals surface area contributed by atoms with Crippen molar-refractivity contribution in [3.8, 4) is 11.5 Å². The molecule has 6 heteroatoms. The van der Waals surface area contributed by atoms with Gasteiger partial charge in [-0.05, 0) is 31.5 Å². The molecule has 1 aliphatic rings. The number of ether oxygens (including phenoxy) is 2. The van der Waals surface area contributed by atoms with Gasteiger partial charge in [0.2, 0.25) is 5.91 Å². The predicted octanol–water partition coefficient (Wildman–Crippen LogP) is 3.66. The number of Topliss-reactive ketones (excluding diaryl/α,β-unsaturated/α-hetero) is 2. The van der Waals surface area contributed by atoms with Gasteiger partial charge in [-0.1, -0.05) is 13.3 Å². The molecular formula is C22H31NO5. The van der Waals surface area contributed by atoms with E-state index < -0.39 is 0 Å². The van der Waals surface area contributed by atoms with Crippen LogP contribution in [0.1, 0.15) is 63.2 Å². The van der Waals surface area contributed by atoms with Crippen molar-refractivity contribution in [2.45, 2.75) is 59.0 Å². The molecular weight excluding hydrogens is 358 g/mol. The molecule has 1 unspecified atom stereocenters. The molecule has 0 spiro atoms. The number of carbonyl (C=O) groups is 3. The van der Waals surface area contributed by atoms with E-state index in [0.29, 0.717) is 30.2 Å². The Hall–Kier alpha value is -2.37. The molecule has 0 bridgehead atoms. The quantitative estimate of drug-likeness (QED) is 0.603. The fraction of sp³-hybridized carbons (Fsp3) is 0.591. The van der Waals surface area contributed by atoms with Crippen LogP contribution in [0.2, 0.25) is 0 Å². The molecule has 0 saturated carbocycles. The van der Waals surface area contributed by atoms with Gasteiger partial charge in [-0.3, -0.25) is 14.4 Å². The average Bonchev–Trinajstić information content (AvgIpc) is 2.68. The molecule has 154 valence electrons. The highest BCUT2D eigenvalue weighted by atomic mass is 16.5. The first kappa shape index (κ1) is 21.9. The Bertz CT molecular complexity index is 707. The zero-order valence-corrected chi connectivity index (χ0v) is 17.3. The molecule has 1 amide bonds. The van der Waals surface area contributed by atoms with Crippen LogP contribution in [0, 0.1) is 5.92 Å². The van der Waals surface area contributed by atoms with Crippen molar-refractivity contribution in [1.82, 2.24) is 4.90 Å². The zero-order chi connectivity index (χ0) is 20.7. The molecule has 1 aromatic carbocycles. The van der Waals surface area contributed by atoms with Crippen molar-refractivity contribution in [2.75, 3.05) is 20.2 Å². The van der Waals surface area contributed by atoms with Gasteiger partial charge in [-0.25, -0.2) is 0 Å². The molecule has 6 nitrogen and oxygen atoms in total. The number of piperidine rings is 1. The minimum Gasteiger partial charge on any atom is -0.493 e. The Morgan fingerprint density at radius 1 is 1.14 bits per heavy atom. The second-order valence-electron chi connectivity index (χ2n) is 7.41. The van der Waals surface area contributed by atoms with Crippen LogP contribution in [0.5, 0.6) is 11.5 Å². The van der Waals surface area contributed by atoms with Crippen molar-refractivity contribution < 1.29 is 23.9 Å². The lowest BCUT2D eigenvalue weighted by molar-refractivity contribution is -0.130. The Labute approximate surface area is 167 Å². The van der Waals surface area contributed by atoms with Crippen LogP contribution in [0.15, 0.2) is 18.2 Å². The Balaban J connectivity index is 2.04. The third-order valence-electron chi connectivity index (χ3n) is 5.31. The summed E-state index contributed by atoms with van der Waals surface area (Å²) in [6, 6.07) is 5.17. The fourth-order valence-electron chi connectivity index (χ4n) is 3.55. The Kier molecular flexibility index (Phi) is 8.03. The summed E-state index contributed by atoms with van der Waals surface area (Å²) < 4.78 is 11.5. The summed E-state index contributed by atoms with van der Waals surface area (Å²) in [5.41, 5.74) is 0.526. The van der Waals surface area contributed by atoms with E-state index in [2.05, 4.69) is 0 Å². The minimum atomic E-state index is -0.231. The highest BCUT2D eigenvalue weighted by molar-refractivity contribution is 5.99. The highest BCUT2D eigenvalue weighted by Gasteiger charge is 2.24. The lowest BCUT2D eigenvalue weighted by Gasteiger charge is -2.31. The minimum absolute atomic E-state index is 0.0118. The highest BCUT2D eigenvalue weighted by Crippen LogP contribution is 2.31. The number of methoxy groups -OCH3 is 1. The number of ketones is 2. The number of amides is 1. The van der Waals surface area contributed by atoms with Crippen LogP contribution in [0.4, 0.5) is 0 Å². The van der Waals surface area contributed by atoms with Crippen molar-refractivity contribution in [1.29, 1.82) is 0 Å². The lowest BCUT2D eigenvalue weighted by atomic mass is 9.91. The number of benzene rings is 1. The van der Waals surface area contributed by atoms with E-state index in [1.165, 1.54) is 0 Å². The first-order valence-electron chi connectivity index (χ1n) is 9.99. The molecule has 1 atom stereocenters. The van der Waals surface area contributed by atoms with Crippen molar-refractivity contribution >= 4 is 17.5 Å². The first-order valence-corrected chi connectivity index (χ1v) is 9.99. The number of rotatable bonds is 9. The van der Waals surface area contributed by atoms with E-state index in [-0.39, 0.29) is 35.9 Å². The van der Waals surface area contributed by atoms with Gasteiger partial charge in [0.1, 0.15) is 11.9 Å². The third kappa shape index (κ3) is 5.81. The Morgan fingerprint density at radius 2 is 1.82 bits per heavy atom. The van der Waals surface area contributed by atoms with E-state index in [1.54, 1.807) is 39.2 Å². The van der Waals surface area contributed by atoms with Gasteiger partial charge in [-0.2, -0.15) is 0 Å². The summed E-state index contributed by atoms with van der Waals surface area (Å²) in [7, 11) is 1.55. The van der Waals surface area contributed by atoms with Crippen LogP contribution in [0.25, 0.3) is 0 Å². The van der Waals surface area contributed by atoms with Crippen LogP contribution >= 0.6 is 0 Å². The zero-order valence-electron chi connectivity index (χ0n) is 17.3. The number of carbonyl (C=O) groups excluding carboxylic acids is 3. The van der Waals surface area contributed by atoms with E-state index >= 15 is 0 Å². The van der Waals surface area contributed by atoms with Gasteiger partial charge < -0.3 is 14.4 Å². The number of hydrogen-bond acceptors (Lipinski definition) is 5. The topological polar surface area (TPSA) is 72.9 Å². The van der Waals surface area contributed by atoms with Crippen LogP contribution in [-0.4, -0.2) is 48.7 Å². The summed E-state index contributed by atoms with van der Waals surface area (Å²) in [5, 5.41) is 0. The van der Waals surface area contributed by atoms with Crippen LogP contribution < -0.4 is 9.47 Å². The summed E-state index contributed by atoms with van der Waals surface area (Å²) >= 11 is 0. The Morgan fingerprint density at radius 3 is 2.36 bits per heavy atom. The van der Waals surface area contributed by atoms with Gasteiger partial charge in [0.15, 0.2) is 17.3 Å². The summed E-state index contributed by atoms with van der Waals surface area (Å²) in [6.07, 6.45) is 3.35. The lowest BCUT2D eigenvalue weighted by Crippen LogP contribution is -2.40. The molecule has 0 aromatic heterocycles. The van der Waals surface area contributed by atoms with Gasteiger partial charge >= 0.3 is 0 Å². The largest absolute Gasteiger partial charge is 0.493 e. The molecule has 1 aliphatic heterocycles. The molecule has 1 saturated heterocycles. The average molecular weight is 389 g/mol. The number of nitrogens with zero attached hydrogens (tertiary/aromatic N) is 1. The van der Waals surface area contributed by atoms with Gasteiger partial charge in [0, 0.05) is 50.8 Å².